The van der Waals surface area contributed by atoms with Gasteiger partial charge in [-0.2, -0.15) is 13.2 Å². The van der Waals surface area contributed by atoms with Gasteiger partial charge >= 0.3 is 12.2 Å². The predicted octanol–water partition coefficient (Wildman–Crippen LogP) is 2.47. The quantitative estimate of drug-likeness (QED) is 0.590. The zero-order chi connectivity index (χ0) is 15.5. The predicted molar refractivity (Wildman–Crippen MR) is 69.8 cm³/mol. The summed E-state index contributed by atoms with van der Waals surface area (Å²) in [6, 6.07) is 2.16. The number of halogens is 3. The molecule has 0 bridgehead atoms. The van der Waals surface area contributed by atoms with Crippen LogP contribution in [0.2, 0.25) is 0 Å². The van der Waals surface area contributed by atoms with Crippen LogP contribution in [0.3, 0.4) is 0 Å². The molecule has 0 aliphatic heterocycles. The normalized spacial score (nSPS) is 11.1. The molecular weight excluding hydrogens is 273 g/mol. The van der Waals surface area contributed by atoms with Crippen LogP contribution in [0.25, 0.3) is 0 Å². The Hall–Kier alpha value is -2.25. The van der Waals surface area contributed by atoms with E-state index in [2.05, 4.69) is 5.32 Å². The zero-order valence-electron chi connectivity index (χ0n) is 11.0. The molecule has 0 atom stereocenters. The fourth-order valence-electron chi connectivity index (χ4n) is 1.41. The number of amidine groups is 1. The Kier molecular flexibility index (Phi) is 4.59. The van der Waals surface area contributed by atoms with E-state index < -0.39 is 23.6 Å². The minimum Gasteiger partial charge on any atom is -0.384 e. The van der Waals surface area contributed by atoms with Gasteiger partial charge in [-0.05, 0) is 25.1 Å². The molecule has 0 aromatic heterocycles. The van der Waals surface area contributed by atoms with Crippen LogP contribution >= 0.6 is 0 Å². The van der Waals surface area contributed by atoms with Crippen LogP contribution in [-0.2, 0) is 6.18 Å². The van der Waals surface area contributed by atoms with Gasteiger partial charge in [0.25, 0.3) is 0 Å². The number of carbonyl (C=O) groups is 1. The zero-order valence-corrected chi connectivity index (χ0v) is 11.0. The average molecular weight is 288 g/mol. The monoisotopic (exact) mass is 288 g/mol. The minimum absolute atomic E-state index is 0.0656. The number of nitrogen functional groups attached to an aromatic ring is 1. The van der Waals surface area contributed by atoms with Gasteiger partial charge in [0.1, 0.15) is 5.84 Å². The second-order valence-electron chi connectivity index (χ2n) is 4.12. The molecule has 8 heteroatoms. The van der Waals surface area contributed by atoms with Crippen molar-refractivity contribution in [1.82, 2.24) is 4.90 Å². The summed E-state index contributed by atoms with van der Waals surface area (Å²) in [5.74, 6) is -0.550. The average Bonchev–Trinajstić information content (AvgIpc) is 2.36. The highest BCUT2D eigenvalue weighted by atomic mass is 19.4. The Morgan fingerprint density at radius 1 is 1.45 bits per heavy atom. The van der Waals surface area contributed by atoms with Gasteiger partial charge in [0, 0.05) is 19.2 Å². The maximum Gasteiger partial charge on any atom is 0.416 e. The molecule has 2 amide bonds. The van der Waals surface area contributed by atoms with Crippen LogP contribution in [0.4, 0.5) is 23.7 Å². The lowest BCUT2D eigenvalue weighted by atomic mass is 10.1. The van der Waals surface area contributed by atoms with E-state index in [9.17, 15) is 18.0 Å². The van der Waals surface area contributed by atoms with Gasteiger partial charge in [-0.3, -0.25) is 5.41 Å². The van der Waals surface area contributed by atoms with Crippen molar-refractivity contribution >= 4 is 17.6 Å². The molecular formula is C12H15F3N4O. The highest BCUT2D eigenvalue weighted by Gasteiger charge is 2.31. The van der Waals surface area contributed by atoms with Crippen molar-refractivity contribution in [3.05, 3.63) is 29.3 Å². The molecule has 20 heavy (non-hydrogen) atoms. The first-order valence-corrected chi connectivity index (χ1v) is 5.74. The van der Waals surface area contributed by atoms with Crippen molar-refractivity contribution in [3.8, 4) is 0 Å². The second kappa shape index (κ2) is 5.81. The molecule has 0 aliphatic rings. The van der Waals surface area contributed by atoms with Crippen LogP contribution < -0.4 is 11.1 Å². The summed E-state index contributed by atoms with van der Waals surface area (Å²) in [4.78, 5) is 13.0. The van der Waals surface area contributed by atoms with E-state index in [4.69, 9.17) is 11.1 Å². The number of amides is 2. The summed E-state index contributed by atoms with van der Waals surface area (Å²) < 4.78 is 37.8. The number of nitrogens with one attached hydrogen (secondary N) is 2. The third kappa shape index (κ3) is 3.62. The lowest BCUT2D eigenvalue weighted by Gasteiger charge is -2.18. The molecule has 5 nitrogen and oxygen atoms in total. The lowest BCUT2D eigenvalue weighted by molar-refractivity contribution is -0.137. The first-order valence-electron chi connectivity index (χ1n) is 5.74. The van der Waals surface area contributed by atoms with E-state index in [1.165, 1.54) is 11.9 Å². The van der Waals surface area contributed by atoms with Crippen LogP contribution in [0.15, 0.2) is 18.2 Å². The number of benzene rings is 1. The molecule has 0 aliphatic carbocycles. The largest absolute Gasteiger partial charge is 0.416 e. The van der Waals surface area contributed by atoms with E-state index in [0.29, 0.717) is 6.54 Å². The third-order valence-electron chi connectivity index (χ3n) is 2.70. The molecule has 0 heterocycles. The smallest absolute Gasteiger partial charge is 0.384 e. The summed E-state index contributed by atoms with van der Waals surface area (Å²) in [5.41, 5.74) is 4.23. The highest BCUT2D eigenvalue weighted by Crippen LogP contribution is 2.31. The van der Waals surface area contributed by atoms with E-state index in [0.717, 1.165) is 18.2 Å². The Bertz CT molecular complexity index is 528. The standard InChI is InChI=1S/C12H15F3N4O/c1-3-19(2)11(20)18-9-5-4-7(12(13,14)15)6-8(9)10(16)17/h4-6H,3H2,1-2H3,(H3,16,17)(H,18,20). The maximum atomic E-state index is 12.6. The first-order chi connectivity index (χ1) is 9.16. The van der Waals surface area contributed by atoms with E-state index in [1.54, 1.807) is 6.92 Å². The number of hydrogen-bond acceptors (Lipinski definition) is 2. The molecule has 110 valence electrons. The molecule has 0 fully saturated rings. The van der Waals surface area contributed by atoms with Gasteiger partial charge in [-0.1, -0.05) is 0 Å². The molecule has 1 aromatic rings. The SMILES string of the molecule is CCN(C)C(=O)Nc1ccc(C(F)(F)F)cc1C(=N)N. The lowest BCUT2D eigenvalue weighted by Crippen LogP contribution is -2.32. The number of urea groups is 1. The molecule has 4 N–H and O–H groups in total. The molecule has 1 aromatic carbocycles. The summed E-state index contributed by atoms with van der Waals surface area (Å²) in [7, 11) is 1.53. The van der Waals surface area contributed by atoms with Crippen molar-refractivity contribution in [1.29, 1.82) is 5.41 Å². The Morgan fingerprint density at radius 3 is 2.50 bits per heavy atom. The number of hydrogen-bond donors (Lipinski definition) is 3. The van der Waals surface area contributed by atoms with Crippen LogP contribution in [0.5, 0.6) is 0 Å². The molecule has 0 unspecified atom stereocenters. The van der Waals surface area contributed by atoms with Gasteiger partial charge < -0.3 is 16.0 Å². The fourth-order valence-corrected chi connectivity index (χ4v) is 1.41. The Labute approximate surface area is 114 Å². The molecule has 0 saturated heterocycles. The van der Waals surface area contributed by atoms with E-state index >= 15 is 0 Å². The summed E-state index contributed by atoms with van der Waals surface area (Å²) in [6.07, 6.45) is -4.53. The molecule has 0 spiro atoms. The van der Waals surface area contributed by atoms with Crippen molar-refractivity contribution in [2.75, 3.05) is 18.9 Å². The van der Waals surface area contributed by atoms with Crippen molar-refractivity contribution in [3.63, 3.8) is 0 Å². The van der Waals surface area contributed by atoms with E-state index in [-0.39, 0.29) is 11.3 Å². The molecule has 0 saturated carbocycles. The Morgan fingerprint density at radius 2 is 2.05 bits per heavy atom. The van der Waals surface area contributed by atoms with Gasteiger partial charge in [0.05, 0.1) is 11.3 Å². The number of alkyl halides is 3. The fraction of sp³-hybridized carbons (Fsp3) is 0.333. The topological polar surface area (TPSA) is 82.2 Å². The number of anilines is 1. The number of carbonyl (C=O) groups excluding carboxylic acids is 1. The summed E-state index contributed by atoms with van der Waals surface area (Å²) >= 11 is 0. The number of nitrogens with two attached hydrogens (primary N) is 1. The van der Waals surface area contributed by atoms with Gasteiger partial charge in [0.2, 0.25) is 0 Å². The Balaban J connectivity index is 3.15. The maximum absolute atomic E-state index is 12.6. The van der Waals surface area contributed by atoms with Crippen LogP contribution in [-0.4, -0.2) is 30.4 Å². The van der Waals surface area contributed by atoms with Gasteiger partial charge in [-0.15, -0.1) is 0 Å². The van der Waals surface area contributed by atoms with E-state index in [1.807, 2.05) is 0 Å². The first kappa shape index (κ1) is 15.8. The van der Waals surface area contributed by atoms with Gasteiger partial charge in [0.15, 0.2) is 0 Å². The van der Waals surface area contributed by atoms with Crippen LogP contribution in [0.1, 0.15) is 18.1 Å². The highest BCUT2D eigenvalue weighted by molar-refractivity contribution is 6.04. The van der Waals surface area contributed by atoms with Crippen molar-refractivity contribution < 1.29 is 18.0 Å². The van der Waals surface area contributed by atoms with Gasteiger partial charge in [-0.25, -0.2) is 4.79 Å². The minimum atomic E-state index is -4.53. The summed E-state index contributed by atoms with van der Waals surface area (Å²) in [6.45, 7) is 2.18. The van der Waals surface area contributed by atoms with Crippen molar-refractivity contribution in [2.24, 2.45) is 5.73 Å². The second-order valence-corrected chi connectivity index (χ2v) is 4.12. The summed E-state index contributed by atoms with van der Waals surface area (Å²) in [5, 5.41) is 9.74. The number of rotatable bonds is 3. The van der Waals surface area contributed by atoms with Crippen molar-refractivity contribution in [2.45, 2.75) is 13.1 Å². The molecule has 1 rings (SSSR count). The number of nitrogens with zero attached hydrogens (tertiary/aromatic N) is 1. The molecule has 0 radical (unpaired) electrons. The van der Waals surface area contributed by atoms with Crippen LogP contribution in [0, 0.1) is 5.41 Å². The third-order valence-corrected chi connectivity index (χ3v) is 2.70.